The van der Waals surface area contributed by atoms with Crippen LogP contribution in [0.4, 0.5) is 5.69 Å². The molecule has 1 aromatic heterocycles. The molecule has 0 fully saturated rings. The van der Waals surface area contributed by atoms with E-state index in [9.17, 15) is 4.79 Å². The molecule has 6 nitrogen and oxygen atoms in total. The molecule has 1 heterocycles. The van der Waals surface area contributed by atoms with Crippen molar-refractivity contribution < 1.29 is 9.53 Å². The highest BCUT2D eigenvalue weighted by molar-refractivity contribution is 5.99. The molecule has 0 spiro atoms. The second-order valence-corrected chi connectivity index (χ2v) is 4.10. The molecule has 6 heteroatoms. The van der Waals surface area contributed by atoms with Crippen LogP contribution in [0.1, 0.15) is 29.9 Å². The Morgan fingerprint density at radius 3 is 2.84 bits per heavy atom. The number of aryl methyl sites for hydroxylation is 1. The minimum atomic E-state index is -0.0948. The fourth-order valence-electron chi connectivity index (χ4n) is 1.74. The molecule has 0 radical (unpaired) electrons. The number of carbonyl (C=O) groups is 1. The number of anilines is 1. The van der Waals surface area contributed by atoms with Gasteiger partial charge >= 0.3 is 0 Å². The first-order valence-corrected chi connectivity index (χ1v) is 6.44. The van der Waals surface area contributed by atoms with Crippen molar-refractivity contribution in [1.29, 1.82) is 0 Å². The minimum absolute atomic E-state index is 0.0948. The number of rotatable bonds is 7. The Morgan fingerprint density at radius 2 is 2.26 bits per heavy atom. The molecule has 0 bridgehead atoms. The second-order valence-electron chi connectivity index (χ2n) is 4.10. The van der Waals surface area contributed by atoms with Crippen LogP contribution in [0.3, 0.4) is 0 Å². The summed E-state index contributed by atoms with van der Waals surface area (Å²) < 4.78 is 5.28. The number of likely N-dealkylation sites (N-methyl/N-ethyl adjacent to an activating group) is 1. The quantitative estimate of drug-likeness (QED) is 0.440. The van der Waals surface area contributed by atoms with Crippen LogP contribution in [0.5, 0.6) is 0 Å². The first-order valence-electron chi connectivity index (χ1n) is 6.44. The lowest BCUT2D eigenvalue weighted by atomic mass is 10.2. The summed E-state index contributed by atoms with van der Waals surface area (Å²) in [6, 6.07) is 1.75. The van der Waals surface area contributed by atoms with Crippen molar-refractivity contribution in [1.82, 2.24) is 9.88 Å². The van der Waals surface area contributed by atoms with E-state index in [1.165, 1.54) is 0 Å². The van der Waals surface area contributed by atoms with Crippen LogP contribution < -0.4 is 11.3 Å². The number of aromatic nitrogens is 1. The predicted octanol–water partition coefficient (Wildman–Crippen LogP) is 1.17. The van der Waals surface area contributed by atoms with Gasteiger partial charge in [-0.05, 0) is 26.8 Å². The minimum Gasteiger partial charge on any atom is -0.380 e. The van der Waals surface area contributed by atoms with Gasteiger partial charge in [0.2, 0.25) is 0 Å². The number of hydrogen-bond donors (Lipinski definition) is 2. The number of nitrogen functional groups attached to an aromatic ring is 1. The maximum atomic E-state index is 12.4. The number of hydrogen-bond acceptors (Lipinski definition) is 5. The number of nitrogens with one attached hydrogen (secondary N) is 1. The number of hydrazine groups is 1. The zero-order chi connectivity index (χ0) is 14.3. The van der Waals surface area contributed by atoms with E-state index in [1.807, 2.05) is 20.8 Å². The highest BCUT2D eigenvalue weighted by atomic mass is 16.5. The normalized spacial score (nSPS) is 10.3. The van der Waals surface area contributed by atoms with E-state index in [0.717, 1.165) is 5.69 Å². The number of carbonyl (C=O) groups excluding carboxylic acids is 1. The molecule has 0 aliphatic heterocycles. The standard InChI is InChI=1S/C13H22N4O2/c1-4-17(6-7-19-5-2)13(18)11-9-15-10(3)8-12(11)16-14/h8-9H,4-7,14H2,1-3H3,(H,15,16). The van der Waals surface area contributed by atoms with E-state index in [-0.39, 0.29) is 5.91 Å². The van der Waals surface area contributed by atoms with E-state index < -0.39 is 0 Å². The van der Waals surface area contributed by atoms with Gasteiger partial charge in [-0.25, -0.2) is 0 Å². The highest BCUT2D eigenvalue weighted by Crippen LogP contribution is 2.16. The van der Waals surface area contributed by atoms with Crippen LogP contribution >= 0.6 is 0 Å². The van der Waals surface area contributed by atoms with Crippen LogP contribution in [0.25, 0.3) is 0 Å². The molecule has 0 aromatic carbocycles. The molecule has 106 valence electrons. The molecular weight excluding hydrogens is 244 g/mol. The zero-order valence-corrected chi connectivity index (χ0v) is 11.8. The SMILES string of the molecule is CCOCCN(CC)C(=O)c1cnc(C)cc1NN. The van der Waals surface area contributed by atoms with Crippen LogP contribution in [0, 0.1) is 6.92 Å². The summed E-state index contributed by atoms with van der Waals surface area (Å²) in [5.74, 6) is 5.35. The summed E-state index contributed by atoms with van der Waals surface area (Å²) in [4.78, 5) is 18.3. The fraction of sp³-hybridized carbons (Fsp3) is 0.538. The lowest BCUT2D eigenvalue weighted by Crippen LogP contribution is -2.34. The number of nitrogens with two attached hydrogens (primary N) is 1. The van der Waals surface area contributed by atoms with Gasteiger partial charge in [0.15, 0.2) is 0 Å². The molecule has 3 N–H and O–H groups in total. The van der Waals surface area contributed by atoms with Crippen molar-refractivity contribution in [3.63, 3.8) is 0 Å². The van der Waals surface area contributed by atoms with E-state index in [1.54, 1.807) is 17.2 Å². The third-order valence-electron chi connectivity index (χ3n) is 2.81. The Hall–Kier alpha value is -1.66. The smallest absolute Gasteiger partial charge is 0.257 e. The zero-order valence-electron chi connectivity index (χ0n) is 11.8. The third-order valence-corrected chi connectivity index (χ3v) is 2.81. The highest BCUT2D eigenvalue weighted by Gasteiger charge is 2.17. The van der Waals surface area contributed by atoms with Crippen LogP contribution in [0.15, 0.2) is 12.3 Å². The van der Waals surface area contributed by atoms with E-state index in [0.29, 0.717) is 37.6 Å². The van der Waals surface area contributed by atoms with Crippen molar-refractivity contribution in [3.8, 4) is 0 Å². The van der Waals surface area contributed by atoms with E-state index in [4.69, 9.17) is 10.6 Å². The summed E-state index contributed by atoms with van der Waals surface area (Å²) in [5.41, 5.74) is 4.42. The van der Waals surface area contributed by atoms with Crippen molar-refractivity contribution in [3.05, 3.63) is 23.5 Å². The first kappa shape index (κ1) is 15.4. The average molecular weight is 266 g/mol. The molecule has 0 saturated heterocycles. The number of nitrogens with zero attached hydrogens (tertiary/aromatic N) is 2. The van der Waals surface area contributed by atoms with Gasteiger partial charge in [0.25, 0.3) is 5.91 Å². The van der Waals surface area contributed by atoms with Gasteiger partial charge in [-0.2, -0.15) is 0 Å². The number of ether oxygens (including phenoxy) is 1. The van der Waals surface area contributed by atoms with Gasteiger partial charge < -0.3 is 15.1 Å². The Bertz CT molecular complexity index is 423. The number of amides is 1. The van der Waals surface area contributed by atoms with Gasteiger partial charge in [-0.3, -0.25) is 15.6 Å². The molecule has 0 atom stereocenters. The van der Waals surface area contributed by atoms with Crippen molar-refractivity contribution in [2.75, 3.05) is 31.7 Å². The lowest BCUT2D eigenvalue weighted by molar-refractivity contribution is 0.0669. The van der Waals surface area contributed by atoms with Crippen molar-refractivity contribution in [2.45, 2.75) is 20.8 Å². The molecular formula is C13H22N4O2. The van der Waals surface area contributed by atoms with Gasteiger partial charge in [-0.15, -0.1) is 0 Å². The fourth-order valence-corrected chi connectivity index (χ4v) is 1.74. The number of pyridine rings is 1. The molecule has 0 aliphatic carbocycles. The summed E-state index contributed by atoms with van der Waals surface area (Å²) in [6.45, 7) is 8.06. The summed E-state index contributed by atoms with van der Waals surface area (Å²) in [6.07, 6.45) is 1.55. The predicted molar refractivity (Wildman–Crippen MR) is 74.9 cm³/mol. The van der Waals surface area contributed by atoms with Gasteiger partial charge in [0.05, 0.1) is 17.9 Å². The molecule has 0 unspecified atom stereocenters. The maximum absolute atomic E-state index is 12.4. The average Bonchev–Trinajstić information content (AvgIpc) is 2.43. The second kappa shape index (κ2) is 7.70. The van der Waals surface area contributed by atoms with Crippen molar-refractivity contribution in [2.24, 2.45) is 5.84 Å². The van der Waals surface area contributed by atoms with Crippen molar-refractivity contribution >= 4 is 11.6 Å². The Morgan fingerprint density at radius 1 is 1.53 bits per heavy atom. The largest absolute Gasteiger partial charge is 0.380 e. The van der Waals surface area contributed by atoms with Crippen LogP contribution in [-0.2, 0) is 4.74 Å². The van der Waals surface area contributed by atoms with E-state index >= 15 is 0 Å². The Balaban J connectivity index is 2.84. The van der Waals surface area contributed by atoms with Gasteiger partial charge in [0, 0.05) is 31.6 Å². The molecule has 19 heavy (non-hydrogen) atoms. The molecule has 0 aliphatic rings. The third kappa shape index (κ3) is 4.18. The maximum Gasteiger partial charge on any atom is 0.257 e. The first-order chi connectivity index (χ1) is 9.13. The topological polar surface area (TPSA) is 80.5 Å². The Kier molecular flexibility index (Phi) is 6.24. The molecule has 1 rings (SSSR count). The van der Waals surface area contributed by atoms with E-state index in [2.05, 4.69) is 10.4 Å². The molecule has 1 aromatic rings. The lowest BCUT2D eigenvalue weighted by Gasteiger charge is -2.22. The molecule has 0 saturated carbocycles. The van der Waals surface area contributed by atoms with Crippen LogP contribution in [0.2, 0.25) is 0 Å². The van der Waals surface area contributed by atoms with Crippen LogP contribution in [-0.4, -0.2) is 42.1 Å². The molecule has 1 amide bonds. The summed E-state index contributed by atoms with van der Waals surface area (Å²) in [5, 5.41) is 0. The monoisotopic (exact) mass is 266 g/mol. The van der Waals surface area contributed by atoms with Gasteiger partial charge in [-0.1, -0.05) is 0 Å². The van der Waals surface area contributed by atoms with Gasteiger partial charge in [0.1, 0.15) is 0 Å². The Labute approximate surface area is 113 Å². The summed E-state index contributed by atoms with van der Waals surface area (Å²) >= 11 is 0. The summed E-state index contributed by atoms with van der Waals surface area (Å²) in [7, 11) is 0.